The minimum absolute atomic E-state index is 0.0643. The molecule has 1 aliphatic carbocycles. The van der Waals surface area contributed by atoms with Gasteiger partial charge < -0.3 is 15.2 Å². The summed E-state index contributed by atoms with van der Waals surface area (Å²) >= 11 is 0. The maximum absolute atomic E-state index is 11.7. The van der Waals surface area contributed by atoms with E-state index in [4.69, 9.17) is 15.2 Å². The monoisotopic (exact) mass is 257 g/mol. The number of esters is 2. The molecule has 0 atom stereocenters. The van der Waals surface area contributed by atoms with Gasteiger partial charge in [-0.15, -0.1) is 0 Å². The predicted molar refractivity (Wildman–Crippen MR) is 66.4 cm³/mol. The largest absolute Gasteiger partial charge is 0.428 e. The van der Waals surface area contributed by atoms with Gasteiger partial charge in [0, 0.05) is 0 Å². The molecule has 2 N–H and O–H groups in total. The molecule has 18 heavy (non-hydrogen) atoms. The number of ether oxygens (including phenoxy) is 2. The van der Waals surface area contributed by atoms with Crippen LogP contribution in [0.25, 0.3) is 0 Å². The second-order valence-corrected chi connectivity index (χ2v) is 5.15. The molecule has 0 aromatic heterocycles. The first kappa shape index (κ1) is 15.0. The maximum atomic E-state index is 11.7. The van der Waals surface area contributed by atoms with Crippen LogP contribution in [0.2, 0.25) is 0 Å². The summed E-state index contributed by atoms with van der Waals surface area (Å²) in [5.74, 6) is -0.348. The van der Waals surface area contributed by atoms with Crippen LogP contribution in [0.4, 0.5) is 0 Å². The van der Waals surface area contributed by atoms with E-state index in [9.17, 15) is 9.59 Å². The van der Waals surface area contributed by atoms with Gasteiger partial charge in [0.15, 0.2) is 0 Å². The van der Waals surface area contributed by atoms with Crippen LogP contribution in [0.1, 0.15) is 39.5 Å². The zero-order chi connectivity index (χ0) is 13.5. The van der Waals surface area contributed by atoms with Crippen molar-refractivity contribution in [2.24, 2.45) is 23.5 Å². The number of hydrogen-bond donors (Lipinski definition) is 1. The molecule has 0 unspecified atom stereocenters. The van der Waals surface area contributed by atoms with Gasteiger partial charge >= 0.3 is 11.9 Å². The average Bonchev–Trinajstić information content (AvgIpc) is 2.38. The van der Waals surface area contributed by atoms with Crippen molar-refractivity contribution in [3.05, 3.63) is 0 Å². The van der Waals surface area contributed by atoms with Gasteiger partial charge in [-0.25, -0.2) is 0 Å². The molecular formula is C13H23NO4. The number of rotatable bonds is 5. The fourth-order valence-electron chi connectivity index (χ4n) is 2.06. The van der Waals surface area contributed by atoms with Crippen LogP contribution in [-0.4, -0.2) is 25.3 Å². The molecule has 0 saturated heterocycles. The molecule has 1 aliphatic rings. The zero-order valence-electron chi connectivity index (χ0n) is 11.2. The first-order chi connectivity index (χ1) is 8.54. The van der Waals surface area contributed by atoms with Crippen LogP contribution in [0.5, 0.6) is 0 Å². The molecule has 1 saturated carbocycles. The van der Waals surface area contributed by atoms with Crippen LogP contribution >= 0.6 is 0 Å². The van der Waals surface area contributed by atoms with Gasteiger partial charge in [0.2, 0.25) is 6.79 Å². The summed E-state index contributed by atoms with van der Waals surface area (Å²) in [5.41, 5.74) is 5.59. The number of hydrogen-bond acceptors (Lipinski definition) is 5. The molecule has 1 fully saturated rings. The van der Waals surface area contributed by atoms with E-state index in [1.807, 2.05) is 0 Å². The van der Waals surface area contributed by atoms with Crippen LogP contribution in [-0.2, 0) is 19.1 Å². The van der Waals surface area contributed by atoms with E-state index in [0.29, 0.717) is 12.5 Å². The minimum Gasteiger partial charge on any atom is -0.428 e. The van der Waals surface area contributed by atoms with E-state index < -0.39 is 0 Å². The Bertz CT molecular complexity index is 283. The topological polar surface area (TPSA) is 78.6 Å². The Hall–Kier alpha value is -1.10. The van der Waals surface area contributed by atoms with Crippen molar-refractivity contribution in [1.82, 2.24) is 0 Å². The first-order valence-corrected chi connectivity index (χ1v) is 6.58. The molecule has 0 bridgehead atoms. The highest BCUT2D eigenvalue weighted by Gasteiger charge is 2.26. The second-order valence-electron chi connectivity index (χ2n) is 5.15. The highest BCUT2D eigenvalue weighted by atomic mass is 16.7. The Kier molecular flexibility index (Phi) is 6.12. The third-order valence-corrected chi connectivity index (χ3v) is 3.39. The molecule has 0 amide bonds. The minimum atomic E-state index is -0.352. The van der Waals surface area contributed by atoms with Crippen molar-refractivity contribution in [3.8, 4) is 0 Å². The lowest BCUT2D eigenvalue weighted by Gasteiger charge is -2.26. The molecule has 0 aromatic carbocycles. The normalized spacial score (nSPS) is 23.8. The Balaban J connectivity index is 2.20. The molecule has 0 radical (unpaired) electrons. The van der Waals surface area contributed by atoms with E-state index in [1.165, 1.54) is 0 Å². The first-order valence-electron chi connectivity index (χ1n) is 6.58. The highest BCUT2D eigenvalue weighted by Crippen LogP contribution is 2.28. The molecule has 5 nitrogen and oxygen atoms in total. The van der Waals surface area contributed by atoms with Crippen LogP contribution in [0.15, 0.2) is 0 Å². The predicted octanol–water partition coefficient (Wildman–Crippen LogP) is 1.45. The van der Waals surface area contributed by atoms with E-state index in [1.54, 1.807) is 13.8 Å². The van der Waals surface area contributed by atoms with Crippen molar-refractivity contribution in [1.29, 1.82) is 0 Å². The molecule has 5 heteroatoms. The smallest absolute Gasteiger partial charge is 0.311 e. The van der Waals surface area contributed by atoms with Crippen LogP contribution in [0, 0.1) is 17.8 Å². The number of nitrogens with two attached hydrogens (primary N) is 1. The van der Waals surface area contributed by atoms with Crippen molar-refractivity contribution < 1.29 is 19.1 Å². The van der Waals surface area contributed by atoms with Gasteiger partial charge in [-0.1, -0.05) is 13.8 Å². The Morgan fingerprint density at radius 3 is 2.28 bits per heavy atom. The van der Waals surface area contributed by atoms with Crippen molar-refractivity contribution in [3.63, 3.8) is 0 Å². The van der Waals surface area contributed by atoms with Crippen molar-refractivity contribution in [2.75, 3.05) is 13.3 Å². The standard InChI is InChI=1S/C13H23NO4/c1-9(2)12(15)17-8-18-13(16)11-5-3-10(7-14)4-6-11/h9-11H,3-8,14H2,1-2H3/t10-,11-. The molecule has 1 rings (SSSR count). The molecule has 104 valence electrons. The fraction of sp³-hybridized carbons (Fsp3) is 0.846. The molecule has 0 spiro atoms. The summed E-state index contributed by atoms with van der Waals surface area (Å²) in [5, 5.41) is 0. The van der Waals surface area contributed by atoms with Crippen molar-refractivity contribution >= 4 is 11.9 Å². The van der Waals surface area contributed by atoms with Crippen molar-refractivity contribution in [2.45, 2.75) is 39.5 Å². The van der Waals surface area contributed by atoms with E-state index in [2.05, 4.69) is 0 Å². The molecule has 0 aromatic rings. The number of carbonyl (C=O) groups is 2. The van der Waals surface area contributed by atoms with Crippen LogP contribution < -0.4 is 5.73 Å². The molecule has 0 heterocycles. The quantitative estimate of drug-likeness (QED) is 0.595. The SMILES string of the molecule is CC(C)C(=O)OCOC(=O)[C@H]1CC[C@H](CN)CC1. The van der Waals surface area contributed by atoms with Gasteiger partial charge in [-0.05, 0) is 38.1 Å². The summed E-state index contributed by atoms with van der Waals surface area (Å²) < 4.78 is 9.76. The van der Waals surface area contributed by atoms with Gasteiger partial charge in [0.1, 0.15) is 0 Å². The molecule has 0 aliphatic heterocycles. The van der Waals surface area contributed by atoms with Crippen LogP contribution in [0.3, 0.4) is 0 Å². The maximum Gasteiger partial charge on any atom is 0.311 e. The van der Waals surface area contributed by atoms with E-state index >= 15 is 0 Å². The third-order valence-electron chi connectivity index (χ3n) is 3.39. The summed E-state index contributed by atoms with van der Waals surface area (Å²) in [6.45, 7) is 3.89. The van der Waals surface area contributed by atoms with Gasteiger partial charge in [-0.3, -0.25) is 9.59 Å². The Morgan fingerprint density at radius 2 is 1.78 bits per heavy atom. The third kappa shape index (κ3) is 4.64. The fourth-order valence-corrected chi connectivity index (χ4v) is 2.06. The van der Waals surface area contributed by atoms with Gasteiger partial charge in [0.25, 0.3) is 0 Å². The van der Waals surface area contributed by atoms with Gasteiger partial charge in [-0.2, -0.15) is 0 Å². The lowest BCUT2D eigenvalue weighted by atomic mass is 9.82. The lowest BCUT2D eigenvalue weighted by molar-refractivity contribution is -0.172. The lowest BCUT2D eigenvalue weighted by Crippen LogP contribution is -2.28. The zero-order valence-corrected chi connectivity index (χ0v) is 11.2. The highest BCUT2D eigenvalue weighted by molar-refractivity contribution is 5.73. The van der Waals surface area contributed by atoms with E-state index in [0.717, 1.165) is 25.7 Å². The summed E-state index contributed by atoms with van der Waals surface area (Å²) in [4.78, 5) is 22.9. The molecular weight excluding hydrogens is 234 g/mol. The Morgan fingerprint density at radius 1 is 1.17 bits per heavy atom. The summed E-state index contributed by atoms with van der Waals surface area (Å²) in [7, 11) is 0. The Labute approximate surface area is 108 Å². The van der Waals surface area contributed by atoms with E-state index in [-0.39, 0.29) is 30.6 Å². The van der Waals surface area contributed by atoms with Gasteiger partial charge in [0.05, 0.1) is 11.8 Å². The summed E-state index contributed by atoms with van der Waals surface area (Å²) in [6.07, 6.45) is 3.59. The number of carbonyl (C=O) groups excluding carboxylic acids is 2. The average molecular weight is 257 g/mol. The summed E-state index contributed by atoms with van der Waals surface area (Å²) in [6, 6.07) is 0. The second kappa shape index (κ2) is 7.36.